The summed E-state index contributed by atoms with van der Waals surface area (Å²) in [4.78, 5) is 36.3. The standard InChI is InChI=1S/C28H16N2O5/c29-27(31)21-13-20(15-7-1-2-10-22(15)30(34)35)24-18-9-4-6-14-5-3-8-16(23(14)18)17-11-12-19(28(32)33)25(21)26(17)24/h1-13H,(H2,29,31)(H,32,33). The lowest BCUT2D eigenvalue weighted by Crippen LogP contribution is -2.14. The first-order valence-electron chi connectivity index (χ1n) is 10.8. The molecule has 35 heavy (non-hydrogen) atoms. The fraction of sp³-hybridized carbons (Fsp3) is 0. The third-order valence-electron chi connectivity index (χ3n) is 6.63. The summed E-state index contributed by atoms with van der Waals surface area (Å²) in [7, 11) is 0. The van der Waals surface area contributed by atoms with E-state index < -0.39 is 16.8 Å². The lowest BCUT2D eigenvalue weighted by atomic mass is 9.82. The number of benzene rings is 6. The van der Waals surface area contributed by atoms with E-state index in [9.17, 15) is 24.8 Å². The van der Waals surface area contributed by atoms with Gasteiger partial charge in [-0.1, -0.05) is 54.6 Å². The van der Waals surface area contributed by atoms with E-state index in [1.165, 1.54) is 18.2 Å². The second-order valence-electron chi connectivity index (χ2n) is 8.41. The zero-order valence-corrected chi connectivity index (χ0v) is 18.1. The first-order valence-corrected chi connectivity index (χ1v) is 10.8. The van der Waals surface area contributed by atoms with Crippen LogP contribution in [0.25, 0.3) is 54.2 Å². The number of rotatable bonds is 4. The Hall–Kier alpha value is -5.04. The molecule has 0 fully saturated rings. The van der Waals surface area contributed by atoms with Crippen molar-refractivity contribution in [2.24, 2.45) is 5.73 Å². The molecule has 168 valence electrons. The van der Waals surface area contributed by atoms with Crippen molar-refractivity contribution >= 4 is 60.7 Å². The summed E-state index contributed by atoms with van der Waals surface area (Å²) in [5.74, 6) is -2.01. The van der Waals surface area contributed by atoms with E-state index in [-0.39, 0.29) is 22.2 Å². The largest absolute Gasteiger partial charge is 0.478 e. The maximum absolute atomic E-state index is 12.7. The van der Waals surface area contributed by atoms with Crippen molar-refractivity contribution in [2.45, 2.75) is 0 Å². The molecule has 0 spiro atoms. The molecular formula is C28H16N2O5. The quantitative estimate of drug-likeness (QED) is 0.142. The van der Waals surface area contributed by atoms with Gasteiger partial charge in [0.1, 0.15) is 0 Å². The number of primary amides is 1. The number of nitro groups is 1. The lowest BCUT2D eigenvalue weighted by molar-refractivity contribution is -0.384. The average molecular weight is 460 g/mol. The molecule has 0 aliphatic heterocycles. The third-order valence-corrected chi connectivity index (χ3v) is 6.63. The Labute approximate surface area is 197 Å². The second kappa shape index (κ2) is 7.23. The van der Waals surface area contributed by atoms with Crippen LogP contribution >= 0.6 is 0 Å². The molecule has 7 nitrogen and oxygen atoms in total. The Balaban J connectivity index is 2.01. The first-order chi connectivity index (χ1) is 16.9. The summed E-state index contributed by atoms with van der Waals surface area (Å²) < 4.78 is 0. The number of para-hydroxylation sites is 1. The second-order valence-corrected chi connectivity index (χ2v) is 8.41. The highest BCUT2D eigenvalue weighted by Crippen LogP contribution is 2.47. The summed E-state index contributed by atoms with van der Waals surface area (Å²) in [6.07, 6.45) is 0. The van der Waals surface area contributed by atoms with E-state index in [1.807, 2.05) is 36.4 Å². The molecule has 0 aliphatic carbocycles. The maximum atomic E-state index is 12.7. The molecule has 0 atom stereocenters. The van der Waals surface area contributed by atoms with Gasteiger partial charge in [-0.25, -0.2) is 4.79 Å². The molecular weight excluding hydrogens is 444 g/mol. The highest BCUT2D eigenvalue weighted by molar-refractivity contribution is 6.38. The topological polar surface area (TPSA) is 124 Å². The van der Waals surface area contributed by atoms with Crippen molar-refractivity contribution in [1.29, 1.82) is 0 Å². The molecule has 0 saturated carbocycles. The Kier molecular flexibility index (Phi) is 4.25. The van der Waals surface area contributed by atoms with Crippen LogP contribution in [0.4, 0.5) is 5.69 Å². The zero-order valence-electron chi connectivity index (χ0n) is 18.1. The molecule has 3 N–H and O–H groups in total. The van der Waals surface area contributed by atoms with Gasteiger partial charge in [0.05, 0.1) is 16.1 Å². The van der Waals surface area contributed by atoms with Crippen molar-refractivity contribution in [3.8, 4) is 11.1 Å². The number of carboxylic acids is 1. The van der Waals surface area contributed by atoms with Crippen LogP contribution in [0.5, 0.6) is 0 Å². The Bertz CT molecular complexity index is 1890. The third kappa shape index (κ3) is 2.78. The van der Waals surface area contributed by atoms with Gasteiger partial charge in [0.15, 0.2) is 0 Å². The van der Waals surface area contributed by atoms with E-state index in [2.05, 4.69) is 0 Å². The Morgan fingerprint density at radius 3 is 2.09 bits per heavy atom. The number of amides is 1. The fourth-order valence-corrected chi connectivity index (χ4v) is 5.29. The van der Waals surface area contributed by atoms with Crippen LogP contribution in [-0.4, -0.2) is 21.9 Å². The van der Waals surface area contributed by atoms with Crippen molar-refractivity contribution in [3.05, 3.63) is 100 Å². The zero-order chi connectivity index (χ0) is 24.4. The smallest absolute Gasteiger partial charge is 0.336 e. The van der Waals surface area contributed by atoms with Crippen LogP contribution < -0.4 is 5.73 Å². The van der Waals surface area contributed by atoms with E-state index in [1.54, 1.807) is 24.3 Å². The number of nitrogens with two attached hydrogens (primary N) is 1. The van der Waals surface area contributed by atoms with E-state index >= 15 is 0 Å². The summed E-state index contributed by atoms with van der Waals surface area (Å²) in [5, 5.41) is 27.7. The number of carbonyl (C=O) groups excluding carboxylic acids is 1. The SMILES string of the molecule is NC(=O)c1cc(-c2ccccc2[N+](=O)[O-])c2c3cccc4cccc(c5ccc(C(=O)O)c1c52)c43. The molecule has 0 heterocycles. The molecule has 0 saturated heterocycles. The van der Waals surface area contributed by atoms with Gasteiger partial charge in [-0.05, 0) is 61.5 Å². The minimum atomic E-state index is -1.19. The van der Waals surface area contributed by atoms with E-state index in [4.69, 9.17) is 5.73 Å². The van der Waals surface area contributed by atoms with Gasteiger partial charge in [0.25, 0.3) is 5.69 Å². The summed E-state index contributed by atoms with van der Waals surface area (Å²) in [6, 6.07) is 22.6. The van der Waals surface area contributed by atoms with Gasteiger partial charge in [-0.15, -0.1) is 0 Å². The number of hydrogen-bond donors (Lipinski definition) is 2. The number of carbonyl (C=O) groups is 2. The minimum absolute atomic E-state index is 0.00251. The van der Waals surface area contributed by atoms with Crippen molar-refractivity contribution in [3.63, 3.8) is 0 Å². The van der Waals surface area contributed by atoms with Crippen LogP contribution in [-0.2, 0) is 0 Å². The molecule has 0 aliphatic rings. The summed E-state index contributed by atoms with van der Waals surface area (Å²) in [6.45, 7) is 0. The first kappa shape index (κ1) is 20.6. The highest BCUT2D eigenvalue weighted by Gasteiger charge is 2.26. The van der Waals surface area contributed by atoms with Crippen molar-refractivity contribution < 1.29 is 19.6 Å². The molecule has 0 aromatic heterocycles. The number of carboxylic acid groups (broad SMARTS) is 1. The van der Waals surface area contributed by atoms with Crippen LogP contribution in [0.3, 0.4) is 0 Å². The molecule has 1 amide bonds. The van der Waals surface area contributed by atoms with Crippen molar-refractivity contribution in [1.82, 2.24) is 0 Å². The number of nitro benzene ring substituents is 1. The Morgan fingerprint density at radius 2 is 1.40 bits per heavy atom. The average Bonchev–Trinajstić information content (AvgIpc) is 2.86. The predicted octanol–water partition coefficient (Wildman–Crippen LogP) is 6.11. The number of fused-ring (bicyclic) bond motifs is 2. The van der Waals surface area contributed by atoms with Crippen molar-refractivity contribution in [2.75, 3.05) is 0 Å². The van der Waals surface area contributed by atoms with Crippen LogP contribution in [0.15, 0.2) is 78.9 Å². The minimum Gasteiger partial charge on any atom is -0.478 e. The van der Waals surface area contributed by atoms with Gasteiger partial charge >= 0.3 is 5.97 Å². The molecule has 6 aromatic carbocycles. The van der Waals surface area contributed by atoms with Gasteiger partial charge in [0.2, 0.25) is 5.91 Å². The summed E-state index contributed by atoms with van der Waals surface area (Å²) in [5.41, 5.74) is 6.35. The number of aromatic carboxylic acids is 1. The maximum Gasteiger partial charge on any atom is 0.336 e. The Morgan fingerprint density at radius 1 is 0.714 bits per heavy atom. The summed E-state index contributed by atoms with van der Waals surface area (Å²) >= 11 is 0. The molecule has 7 heteroatoms. The number of nitrogens with zero attached hydrogens (tertiary/aromatic N) is 1. The number of hydrogen-bond acceptors (Lipinski definition) is 4. The van der Waals surface area contributed by atoms with Crippen LogP contribution in [0.1, 0.15) is 20.7 Å². The van der Waals surface area contributed by atoms with Gasteiger partial charge < -0.3 is 10.8 Å². The van der Waals surface area contributed by atoms with E-state index in [0.717, 1.165) is 26.9 Å². The van der Waals surface area contributed by atoms with Crippen LogP contribution in [0, 0.1) is 10.1 Å². The van der Waals surface area contributed by atoms with Gasteiger partial charge in [-0.2, -0.15) is 0 Å². The monoisotopic (exact) mass is 460 g/mol. The van der Waals surface area contributed by atoms with E-state index in [0.29, 0.717) is 21.9 Å². The van der Waals surface area contributed by atoms with Gasteiger partial charge in [0, 0.05) is 17.0 Å². The van der Waals surface area contributed by atoms with Crippen LogP contribution in [0.2, 0.25) is 0 Å². The predicted molar refractivity (Wildman–Crippen MR) is 135 cm³/mol. The molecule has 6 rings (SSSR count). The fourth-order valence-electron chi connectivity index (χ4n) is 5.29. The molecule has 0 unspecified atom stereocenters. The van der Waals surface area contributed by atoms with Gasteiger partial charge in [-0.3, -0.25) is 14.9 Å². The molecule has 0 radical (unpaired) electrons. The highest BCUT2D eigenvalue weighted by atomic mass is 16.6. The molecule has 0 bridgehead atoms. The molecule has 6 aromatic rings. The lowest BCUT2D eigenvalue weighted by Gasteiger charge is -2.20. The normalized spacial score (nSPS) is 11.5.